The van der Waals surface area contributed by atoms with Crippen LogP contribution in [0.15, 0.2) is 41.3 Å². The van der Waals surface area contributed by atoms with Gasteiger partial charge in [0, 0.05) is 30.9 Å². The van der Waals surface area contributed by atoms with E-state index in [1.54, 1.807) is 19.1 Å². The molecule has 2 aromatic rings. The number of hydrogen-bond donors (Lipinski definition) is 1. The van der Waals surface area contributed by atoms with Crippen molar-refractivity contribution in [3.63, 3.8) is 0 Å². The lowest BCUT2D eigenvalue weighted by atomic mass is 10.1. The van der Waals surface area contributed by atoms with E-state index in [9.17, 15) is 22.8 Å². The molecular weight excluding hydrogens is 466 g/mol. The Bertz CT molecular complexity index is 1260. The minimum absolute atomic E-state index is 0.179. The average Bonchev–Trinajstić information content (AvgIpc) is 3.02. The molecule has 2 aliphatic rings. The largest absolute Gasteiger partial charge is 0.322 e. The van der Waals surface area contributed by atoms with Gasteiger partial charge in [0.25, 0.3) is 17.7 Å². The lowest BCUT2D eigenvalue weighted by Crippen LogP contribution is -2.32. The normalized spacial score (nSPS) is 16.8. The lowest BCUT2D eigenvalue weighted by Gasteiger charge is -2.21. The molecular formula is C26H31N3O5S. The number of benzene rings is 2. The maximum atomic E-state index is 13.3. The van der Waals surface area contributed by atoms with Gasteiger partial charge in [-0.2, -0.15) is 4.31 Å². The van der Waals surface area contributed by atoms with Gasteiger partial charge in [0.1, 0.15) is 0 Å². The Morgan fingerprint density at radius 1 is 0.943 bits per heavy atom. The Hall–Kier alpha value is -3.04. The van der Waals surface area contributed by atoms with Crippen molar-refractivity contribution < 1.29 is 22.8 Å². The van der Waals surface area contributed by atoms with Crippen molar-refractivity contribution in [2.45, 2.75) is 57.3 Å². The summed E-state index contributed by atoms with van der Waals surface area (Å²) in [5, 5.41) is 2.74. The van der Waals surface area contributed by atoms with Gasteiger partial charge in [-0.25, -0.2) is 8.42 Å². The van der Waals surface area contributed by atoms with E-state index in [0.717, 1.165) is 38.5 Å². The molecule has 0 spiro atoms. The molecule has 2 heterocycles. The fourth-order valence-corrected chi connectivity index (χ4v) is 6.30. The van der Waals surface area contributed by atoms with E-state index >= 15 is 0 Å². The second-order valence-electron chi connectivity index (χ2n) is 9.13. The summed E-state index contributed by atoms with van der Waals surface area (Å²) in [5.41, 5.74) is 1.69. The van der Waals surface area contributed by atoms with Gasteiger partial charge in [-0.1, -0.05) is 32.3 Å². The molecule has 1 fully saturated rings. The quantitative estimate of drug-likeness (QED) is 0.577. The van der Waals surface area contributed by atoms with Crippen molar-refractivity contribution in [3.8, 4) is 0 Å². The van der Waals surface area contributed by atoms with Gasteiger partial charge in [0.2, 0.25) is 10.0 Å². The molecule has 0 aliphatic carbocycles. The second-order valence-corrected chi connectivity index (χ2v) is 11.0. The molecule has 3 amide bonds. The van der Waals surface area contributed by atoms with Gasteiger partial charge in [-0.15, -0.1) is 0 Å². The molecule has 1 N–H and O–H groups in total. The Kier molecular flexibility index (Phi) is 7.37. The van der Waals surface area contributed by atoms with E-state index in [2.05, 4.69) is 5.32 Å². The summed E-state index contributed by atoms with van der Waals surface area (Å²) in [6.07, 6.45) is 5.29. The minimum Gasteiger partial charge on any atom is -0.322 e. The SMILES string of the molecule is CCCCN1C(=O)c2ccc(C(=O)Nc3ccc(C)c(S(=O)(=O)N4CCCCCC4)c3)cc2C1=O. The minimum atomic E-state index is -3.68. The zero-order chi connectivity index (χ0) is 25.2. The van der Waals surface area contributed by atoms with Gasteiger partial charge in [-0.05, 0) is 62.1 Å². The number of aryl methyl sites for hydroxylation is 1. The maximum absolute atomic E-state index is 13.3. The number of amides is 3. The van der Waals surface area contributed by atoms with Crippen molar-refractivity contribution in [3.05, 3.63) is 58.7 Å². The molecule has 0 bridgehead atoms. The number of unbranched alkanes of at least 4 members (excludes halogenated alkanes) is 1. The monoisotopic (exact) mass is 497 g/mol. The Morgan fingerprint density at radius 3 is 2.31 bits per heavy atom. The predicted molar refractivity (Wildman–Crippen MR) is 133 cm³/mol. The fourth-order valence-electron chi connectivity index (χ4n) is 4.53. The molecule has 0 radical (unpaired) electrons. The predicted octanol–water partition coefficient (Wildman–Crippen LogP) is 4.21. The zero-order valence-corrected chi connectivity index (χ0v) is 21.0. The molecule has 35 heavy (non-hydrogen) atoms. The number of imide groups is 1. The molecule has 9 heteroatoms. The van der Waals surface area contributed by atoms with E-state index in [1.165, 1.54) is 33.5 Å². The molecule has 2 aliphatic heterocycles. The van der Waals surface area contributed by atoms with Gasteiger partial charge in [0.05, 0.1) is 16.0 Å². The van der Waals surface area contributed by atoms with E-state index in [1.807, 2.05) is 6.92 Å². The van der Waals surface area contributed by atoms with Crippen molar-refractivity contribution in [1.82, 2.24) is 9.21 Å². The van der Waals surface area contributed by atoms with Crippen LogP contribution in [0.25, 0.3) is 0 Å². The first kappa shape index (κ1) is 25.1. The smallest absolute Gasteiger partial charge is 0.261 e. The third kappa shape index (κ3) is 5.01. The molecule has 186 valence electrons. The first-order valence-corrected chi connectivity index (χ1v) is 13.6. The van der Waals surface area contributed by atoms with E-state index in [0.29, 0.717) is 36.4 Å². The van der Waals surface area contributed by atoms with Crippen LogP contribution in [-0.4, -0.2) is 55.0 Å². The molecule has 0 atom stereocenters. The highest BCUT2D eigenvalue weighted by atomic mass is 32.2. The lowest BCUT2D eigenvalue weighted by molar-refractivity contribution is 0.0652. The highest BCUT2D eigenvalue weighted by Crippen LogP contribution is 2.27. The van der Waals surface area contributed by atoms with Crippen LogP contribution in [0.4, 0.5) is 5.69 Å². The number of nitrogens with one attached hydrogen (secondary N) is 1. The van der Waals surface area contributed by atoms with Crippen LogP contribution in [0.5, 0.6) is 0 Å². The van der Waals surface area contributed by atoms with Crippen LogP contribution in [0.1, 0.15) is 82.1 Å². The summed E-state index contributed by atoms with van der Waals surface area (Å²) in [7, 11) is -3.68. The molecule has 0 aromatic heterocycles. The van der Waals surface area contributed by atoms with Crippen LogP contribution >= 0.6 is 0 Å². The molecule has 0 unspecified atom stereocenters. The molecule has 4 rings (SSSR count). The first-order valence-electron chi connectivity index (χ1n) is 12.2. The number of anilines is 1. The van der Waals surface area contributed by atoms with Crippen molar-refractivity contribution in [2.75, 3.05) is 25.0 Å². The number of fused-ring (bicyclic) bond motifs is 1. The van der Waals surface area contributed by atoms with E-state index in [4.69, 9.17) is 0 Å². The third-order valence-electron chi connectivity index (χ3n) is 6.60. The van der Waals surface area contributed by atoms with Crippen molar-refractivity contribution in [2.24, 2.45) is 0 Å². The van der Waals surface area contributed by atoms with E-state index < -0.39 is 21.8 Å². The van der Waals surface area contributed by atoms with Crippen molar-refractivity contribution in [1.29, 1.82) is 0 Å². The van der Waals surface area contributed by atoms with Crippen molar-refractivity contribution >= 4 is 33.4 Å². The highest BCUT2D eigenvalue weighted by molar-refractivity contribution is 7.89. The summed E-state index contributed by atoms with van der Waals surface area (Å²) in [4.78, 5) is 39.6. The maximum Gasteiger partial charge on any atom is 0.261 e. The third-order valence-corrected chi connectivity index (χ3v) is 8.64. The first-order chi connectivity index (χ1) is 16.7. The fraction of sp³-hybridized carbons (Fsp3) is 0.423. The van der Waals surface area contributed by atoms with Gasteiger partial charge >= 0.3 is 0 Å². The van der Waals surface area contributed by atoms with Crippen LogP contribution in [0.3, 0.4) is 0 Å². The molecule has 1 saturated heterocycles. The Labute approximate surface area is 206 Å². The second kappa shape index (κ2) is 10.3. The van der Waals surface area contributed by atoms with Crippen LogP contribution in [0.2, 0.25) is 0 Å². The number of rotatable bonds is 7. The molecule has 8 nitrogen and oxygen atoms in total. The van der Waals surface area contributed by atoms with Gasteiger partial charge < -0.3 is 5.32 Å². The number of nitrogens with zero attached hydrogens (tertiary/aromatic N) is 2. The summed E-state index contributed by atoms with van der Waals surface area (Å²) in [5.74, 6) is -1.22. The molecule has 2 aromatic carbocycles. The van der Waals surface area contributed by atoms with Crippen LogP contribution in [0, 0.1) is 6.92 Å². The standard InChI is InChI=1S/C26H31N3O5S/c1-3-4-15-29-25(31)21-12-10-19(16-22(21)26(29)32)24(30)27-20-11-9-18(2)23(17-20)35(33,34)28-13-7-5-6-8-14-28/h9-12,16-17H,3-8,13-15H2,1-2H3,(H,27,30). The van der Waals surface area contributed by atoms with Crippen LogP contribution < -0.4 is 5.32 Å². The average molecular weight is 498 g/mol. The highest BCUT2D eigenvalue weighted by Gasteiger charge is 2.35. The van der Waals surface area contributed by atoms with Gasteiger partial charge in [-0.3, -0.25) is 19.3 Å². The number of carbonyl (C=O) groups excluding carboxylic acids is 3. The van der Waals surface area contributed by atoms with Gasteiger partial charge in [0.15, 0.2) is 0 Å². The number of carbonyl (C=O) groups is 3. The zero-order valence-electron chi connectivity index (χ0n) is 20.2. The summed E-state index contributed by atoms with van der Waals surface area (Å²) in [6.45, 7) is 5.06. The number of sulfonamides is 1. The summed E-state index contributed by atoms with van der Waals surface area (Å²) >= 11 is 0. The van der Waals surface area contributed by atoms with E-state index in [-0.39, 0.29) is 21.9 Å². The Balaban J connectivity index is 1.55. The summed E-state index contributed by atoms with van der Waals surface area (Å²) in [6, 6.07) is 9.26. The van der Waals surface area contributed by atoms with Crippen LogP contribution in [-0.2, 0) is 10.0 Å². The number of hydrogen-bond acceptors (Lipinski definition) is 5. The topological polar surface area (TPSA) is 104 Å². The molecule has 0 saturated carbocycles. The summed E-state index contributed by atoms with van der Waals surface area (Å²) < 4.78 is 28.1. The Morgan fingerprint density at radius 2 is 1.63 bits per heavy atom.